The van der Waals surface area contributed by atoms with Gasteiger partial charge in [-0.15, -0.1) is 11.8 Å². The Kier molecular flexibility index (Phi) is 8.16. The number of pyridine rings is 1. The molecule has 1 unspecified atom stereocenters. The zero-order valence-corrected chi connectivity index (χ0v) is 19.5. The smallest absolute Gasteiger partial charge is 0.303 e. The van der Waals surface area contributed by atoms with E-state index in [0.717, 1.165) is 16.9 Å². The van der Waals surface area contributed by atoms with Crippen LogP contribution in [0.5, 0.6) is 11.5 Å². The van der Waals surface area contributed by atoms with Crippen LogP contribution in [0.4, 0.5) is 0 Å². The summed E-state index contributed by atoms with van der Waals surface area (Å²) in [4.78, 5) is 39.3. The Morgan fingerprint density at radius 3 is 2.09 bits per heavy atom. The van der Waals surface area contributed by atoms with Crippen molar-refractivity contribution in [2.45, 2.75) is 44.5 Å². The summed E-state index contributed by atoms with van der Waals surface area (Å²) in [5.41, 5.74) is 1.00. The van der Waals surface area contributed by atoms with Crippen molar-refractivity contribution >= 4 is 29.7 Å². The van der Waals surface area contributed by atoms with Crippen molar-refractivity contribution in [1.29, 1.82) is 0 Å². The lowest BCUT2D eigenvalue weighted by Gasteiger charge is -2.39. The van der Waals surface area contributed by atoms with Gasteiger partial charge < -0.3 is 23.7 Å². The van der Waals surface area contributed by atoms with E-state index >= 15 is 0 Å². The van der Waals surface area contributed by atoms with Crippen molar-refractivity contribution < 1.29 is 38.1 Å². The van der Waals surface area contributed by atoms with Gasteiger partial charge in [-0.2, -0.15) is 0 Å². The summed E-state index contributed by atoms with van der Waals surface area (Å²) in [6.07, 6.45) is 0.435. The van der Waals surface area contributed by atoms with E-state index in [2.05, 4.69) is 4.98 Å². The number of nitrogens with zero attached hydrogens (tertiary/aromatic N) is 1. The van der Waals surface area contributed by atoms with E-state index in [-0.39, 0.29) is 5.75 Å². The van der Waals surface area contributed by atoms with Gasteiger partial charge >= 0.3 is 17.9 Å². The van der Waals surface area contributed by atoms with Crippen LogP contribution < -0.4 is 9.47 Å². The van der Waals surface area contributed by atoms with Crippen LogP contribution in [0.3, 0.4) is 0 Å². The molecule has 0 amide bonds. The second-order valence-corrected chi connectivity index (χ2v) is 8.38. The van der Waals surface area contributed by atoms with Crippen molar-refractivity contribution in [2.24, 2.45) is 0 Å². The van der Waals surface area contributed by atoms with Crippen molar-refractivity contribution in [3.8, 4) is 22.6 Å². The van der Waals surface area contributed by atoms with Crippen molar-refractivity contribution in [1.82, 2.24) is 4.98 Å². The van der Waals surface area contributed by atoms with E-state index in [4.69, 9.17) is 23.7 Å². The van der Waals surface area contributed by atoms with E-state index in [1.807, 2.05) is 24.3 Å². The Morgan fingerprint density at radius 1 is 0.848 bits per heavy atom. The summed E-state index contributed by atoms with van der Waals surface area (Å²) in [5, 5.41) is 0. The monoisotopic (exact) mass is 475 g/mol. The molecule has 10 heteroatoms. The molecule has 9 nitrogen and oxygen atoms in total. The minimum atomic E-state index is -1.01. The molecule has 176 valence electrons. The standard InChI is InChI=1S/C23H25NO8S/c1-13(25)29-20-12-33-23(22(31-15(3)27)21(20)30-14(2)26)32-19-9-17(10-24-11-19)16-5-7-18(28-4)8-6-16/h5-11,20-23H,12H2,1-4H3/t20-,21+,22-,23?/m1/s1. The molecule has 1 aromatic carbocycles. The molecule has 0 N–H and O–H groups in total. The molecule has 4 atom stereocenters. The Morgan fingerprint density at radius 2 is 1.48 bits per heavy atom. The molecular weight excluding hydrogens is 450 g/mol. The molecule has 0 aliphatic carbocycles. The number of thioether (sulfide) groups is 1. The molecule has 3 rings (SSSR count). The van der Waals surface area contributed by atoms with E-state index in [9.17, 15) is 14.4 Å². The number of ether oxygens (including phenoxy) is 5. The first-order chi connectivity index (χ1) is 15.8. The van der Waals surface area contributed by atoms with Gasteiger partial charge in [0.2, 0.25) is 0 Å². The number of hydrogen-bond acceptors (Lipinski definition) is 10. The Labute approximate surface area is 195 Å². The highest BCUT2D eigenvalue weighted by molar-refractivity contribution is 7.99. The topological polar surface area (TPSA) is 110 Å². The van der Waals surface area contributed by atoms with E-state index in [1.165, 1.54) is 38.7 Å². The summed E-state index contributed by atoms with van der Waals surface area (Å²) in [6, 6.07) is 9.29. The third-order valence-electron chi connectivity index (χ3n) is 4.69. The van der Waals surface area contributed by atoms with E-state index in [0.29, 0.717) is 5.75 Å². The number of carbonyl (C=O) groups excluding carboxylic acids is 3. The highest BCUT2D eigenvalue weighted by Crippen LogP contribution is 2.35. The molecule has 0 spiro atoms. The number of benzene rings is 1. The molecule has 2 heterocycles. The SMILES string of the molecule is COc1ccc(-c2cncc(OC3SC[C@@H](OC(C)=O)[C@H](OC(C)=O)[C@H]3OC(C)=O)c2)cc1. The number of hydrogen-bond donors (Lipinski definition) is 0. The molecule has 1 aliphatic rings. The lowest BCUT2D eigenvalue weighted by atomic mass is 10.1. The summed E-state index contributed by atoms with van der Waals surface area (Å²) in [5.74, 6) is -0.254. The number of esters is 3. The van der Waals surface area contributed by atoms with Gasteiger partial charge in [0.05, 0.1) is 13.3 Å². The number of rotatable bonds is 7. The second kappa shape index (κ2) is 11.0. The van der Waals surface area contributed by atoms with Crippen LogP contribution in [0, 0.1) is 0 Å². The number of carbonyl (C=O) groups is 3. The Balaban J connectivity index is 1.85. The average Bonchev–Trinajstić information content (AvgIpc) is 2.77. The predicted molar refractivity (Wildman–Crippen MR) is 120 cm³/mol. The molecule has 2 aromatic rings. The van der Waals surface area contributed by atoms with Crippen LogP contribution in [-0.2, 0) is 28.6 Å². The Bertz CT molecular complexity index is 996. The first-order valence-corrected chi connectivity index (χ1v) is 11.2. The minimum Gasteiger partial charge on any atom is -0.497 e. The first kappa shape index (κ1) is 24.4. The summed E-state index contributed by atoms with van der Waals surface area (Å²) in [7, 11) is 1.60. The number of methoxy groups -OCH3 is 1. The van der Waals surface area contributed by atoms with E-state index in [1.54, 1.807) is 19.4 Å². The molecular formula is C23H25NO8S. The molecule has 1 aromatic heterocycles. The predicted octanol–water partition coefficient (Wildman–Crippen LogP) is 3.00. The van der Waals surface area contributed by atoms with Crippen LogP contribution in [-0.4, -0.2) is 59.5 Å². The maximum Gasteiger partial charge on any atom is 0.303 e. The van der Waals surface area contributed by atoms with Crippen LogP contribution in [0.15, 0.2) is 42.7 Å². The zero-order valence-electron chi connectivity index (χ0n) is 18.7. The lowest BCUT2D eigenvalue weighted by Crippen LogP contribution is -2.55. The molecule has 1 saturated heterocycles. The fourth-order valence-corrected chi connectivity index (χ4v) is 4.59. The molecule has 0 saturated carbocycles. The van der Waals surface area contributed by atoms with E-state index < -0.39 is 41.7 Å². The van der Waals surface area contributed by atoms with Gasteiger partial charge in [0.15, 0.2) is 23.7 Å². The third kappa shape index (κ3) is 6.61. The largest absolute Gasteiger partial charge is 0.497 e. The fourth-order valence-electron chi connectivity index (χ4n) is 3.37. The quantitative estimate of drug-likeness (QED) is 0.438. The highest BCUT2D eigenvalue weighted by Gasteiger charge is 2.47. The van der Waals surface area contributed by atoms with Crippen LogP contribution in [0.2, 0.25) is 0 Å². The first-order valence-electron chi connectivity index (χ1n) is 10.2. The molecule has 1 aliphatic heterocycles. The van der Waals surface area contributed by atoms with Crippen molar-refractivity contribution in [2.75, 3.05) is 12.9 Å². The van der Waals surface area contributed by atoms with Crippen LogP contribution >= 0.6 is 11.8 Å². The summed E-state index contributed by atoms with van der Waals surface area (Å²) in [6.45, 7) is 3.73. The maximum absolute atomic E-state index is 11.8. The second-order valence-electron chi connectivity index (χ2n) is 7.25. The maximum atomic E-state index is 11.8. The van der Waals surface area contributed by atoms with Crippen LogP contribution in [0.25, 0.3) is 11.1 Å². The van der Waals surface area contributed by atoms with Gasteiger partial charge in [-0.3, -0.25) is 19.4 Å². The fraction of sp³-hybridized carbons (Fsp3) is 0.391. The van der Waals surface area contributed by atoms with Gasteiger partial charge in [0.25, 0.3) is 0 Å². The molecule has 0 radical (unpaired) electrons. The summed E-state index contributed by atoms with van der Waals surface area (Å²) >= 11 is 1.28. The lowest BCUT2D eigenvalue weighted by molar-refractivity contribution is -0.186. The van der Waals surface area contributed by atoms with Gasteiger partial charge in [0.1, 0.15) is 11.5 Å². The minimum absolute atomic E-state index is 0.283. The zero-order chi connectivity index (χ0) is 24.0. The van der Waals surface area contributed by atoms with Gasteiger partial charge in [-0.25, -0.2) is 0 Å². The molecule has 33 heavy (non-hydrogen) atoms. The van der Waals surface area contributed by atoms with Gasteiger partial charge in [-0.05, 0) is 23.8 Å². The molecule has 0 bridgehead atoms. The number of aromatic nitrogens is 1. The van der Waals surface area contributed by atoms with Crippen molar-refractivity contribution in [3.05, 3.63) is 42.7 Å². The average molecular weight is 476 g/mol. The highest BCUT2D eigenvalue weighted by atomic mass is 32.2. The Hall–Kier alpha value is -3.27. The van der Waals surface area contributed by atoms with Gasteiger partial charge in [0, 0.05) is 38.3 Å². The normalized spacial score (nSPS) is 22.1. The third-order valence-corrected chi connectivity index (χ3v) is 5.91. The van der Waals surface area contributed by atoms with Gasteiger partial charge in [-0.1, -0.05) is 12.1 Å². The van der Waals surface area contributed by atoms with Crippen LogP contribution in [0.1, 0.15) is 20.8 Å². The summed E-state index contributed by atoms with van der Waals surface area (Å²) < 4.78 is 27.4. The molecule has 1 fully saturated rings. The van der Waals surface area contributed by atoms with Crippen molar-refractivity contribution in [3.63, 3.8) is 0 Å².